The van der Waals surface area contributed by atoms with Gasteiger partial charge in [-0.15, -0.1) is 0 Å². The van der Waals surface area contributed by atoms with Gasteiger partial charge in [0.15, 0.2) is 0 Å². The molecule has 1 aliphatic carbocycles. The Hall–Kier alpha value is -2.11. The van der Waals surface area contributed by atoms with E-state index in [1.165, 1.54) is 0 Å². The molecule has 0 amide bonds. The molecular weight excluding hydrogens is 338 g/mol. The van der Waals surface area contributed by atoms with Crippen LogP contribution < -0.4 is 9.64 Å². The van der Waals surface area contributed by atoms with Gasteiger partial charge in [-0.1, -0.05) is 18.2 Å². The number of aliphatic hydroxyl groups is 1. The summed E-state index contributed by atoms with van der Waals surface area (Å²) in [4.78, 5) is 9.44. The monoisotopic (exact) mass is 367 g/mol. The molecule has 5 heteroatoms. The largest absolute Gasteiger partial charge is 0.497 e. The van der Waals surface area contributed by atoms with E-state index in [9.17, 15) is 5.11 Å². The van der Waals surface area contributed by atoms with E-state index in [0.29, 0.717) is 6.04 Å². The molecule has 2 aromatic rings. The molecule has 1 aliphatic heterocycles. The highest BCUT2D eigenvalue weighted by Gasteiger charge is 2.37. The first-order valence-electron chi connectivity index (χ1n) is 9.95. The van der Waals surface area contributed by atoms with Crippen molar-refractivity contribution in [3.8, 4) is 5.75 Å². The maximum atomic E-state index is 11.1. The topological polar surface area (TPSA) is 48.8 Å². The number of hydrogen-bond donors (Lipinski definition) is 1. The van der Waals surface area contributed by atoms with Crippen molar-refractivity contribution in [3.05, 3.63) is 54.2 Å². The SMILES string of the molecule is COc1ccc(C2(O)CCC(N3CCN(c4ccccn4)CC3)CC2)cc1. The second-order valence-electron chi connectivity index (χ2n) is 7.70. The van der Waals surface area contributed by atoms with Gasteiger partial charge >= 0.3 is 0 Å². The summed E-state index contributed by atoms with van der Waals surface area (Å²) in [6.45, 7) is 4.19. The number of pyridine rings is 1. The highest BCUT2D eigenvalue weighted by Crippen LogP contribution is 2.39. The van der Waals surface area contributed by atoms with Crippen LogP contribution in [0, 0.1) is 0 Å². The fourth-order valence-electron chi connectivity index (χ4n) is 4.49. The third-order valence-corrected chi connectivity index (χ3v) is 6.21. The van der Waals surface area contributed by atoms with E-state index in [1.54, 1.807) is 7.11 Å². The first-order valence-corrected chi connectivity index (χ1v) is 9.95. The van der Waals surface area contributed by atoms with Gasteiger partial charge in [0, 0.05) is 38.4 Å². The average molecular weight is 367 g/mol. The third kappa shape index (κ3) is 3.94. The predicted octanol–water partition coefficient (Wildman–Crippen LogP) is 3.04. The average Bonchev–Trinajstić information content (AvgIpc) is 2.75. The van der Waals surface area contributed by atoms with Crippen LogP contribution in [0.5, 0.6) is 5.75 Å². The van der Waals surface area contributed by atoms with E-state index in [0.717, 1.165) is 69.0 Å². The van der Waals surface area contributed by atoms with Crippen LogP contribution in [0.15, 0.2) is 48.7 Å². The number of hydrogen-bond acceptors (Lipinski definition) is 5. The standard InChI is InChI=1S/C22H29N3O2/c1-27-20-7-5-18(6-8-20)22(26)11-9-19(10-12-22)24-14-16-25(17-15-24)21-4-2-3-13-23-21/h2-8,13,19,26H,9-12,14-17H2,1H3. The molecule has 4 rings (SSSR count). The first kappa shape index (κ1) is 18.3. The molecule has 1 saturated heterocycles. The lowest BCUT2D eigenvalue weighted by Gasteiger charge is -2.44. The minimum absolute atomic E-state index is 0.578. The molecule has 1 aromatic carbocycles. The van der Waals surface area contributed by atoms with E-state index < -0.39 is 5.60 Å². The van der Waals surface area contributed by atoms with Crippen LogP contribution in [0.2, 0.25) is 0 Å². The number of nitrogens with zero attached hydrogens (tertiary/aromatic N) is 3. The lowest BCUT2D eigenvalue weighted by Crippen LogP contribution is -2.52. The number of piperazine rings is 1. The van der Waals surface area contributed by atoms with Crippen molar-refractivity contribution in [2.45, 2.75) is 37.3 Å². The van der Waals surface area contributed by atoms with Crippen molar-refractivity contribution in [2.24, 2.45) is 0 Å². The van der Waals surface area contributed by atoms with Crippen LogP contribution >= 0.6 is 0 Å². The molecule has 0 atom stereocenters. The Kier molecular flexibility index (Phi) is 5.32. The third-order valence-electron chi connectivity index (χ3n) is 6.21. The summed E-state index contributed by atoms with van der Waals surface area (Å²) in [5.74, 6) is 1.91. The van der Waals surface area contributed by atoms with Crippen LogP contribution in [0.1, 0.15) is 31.2 Å². The summed E-state index contributed by atoms with van der Waals surface area (Å²) < 4.78 is 5.23. The van der Waals surface area contributed by atoms with Gasteiger partial charge in [0.05, 0.1) is 12.7 Å². The lowest BCUT2D eigenvalue weighted by atomic mass is 9.77. The quantitative estimate of drug-likeness (QED) is 0.900. The highest BCUT2D eigenvalue weighted by molar-refractivity contribution is 5.38. The molecule has 0 spiro atoms. The molecule has 2 aliphatic rings. The molecule has 0 radical (unpaired) electrons. The number of rotatable bonds is 4. The predicted molar refractivity (Wildman–Crippen MR) is 107 cm³/mol. The lowest BCUT2D eigenvalue weighted by molar-refractivity contribution is -0.0258. The van der Waals surface area contributed by atoms with E-state index >= 15 is 0 Å². The number of methoxy groups -OCH3 is 1. The van der Waals surface area contributed by atoms with Crippen LogP contribution in [0.25, 0.3) is 0 Å². The van der Waals surface area contributed by atoms with Crippen LogP contribution in [-0.4, -0.2) is 54.3 Å². The zero-order chi connectivity index (χ0) is 18.7. The van der Waals surface area contributed by atoms with Crippen molar-refractivity contribution in [3.63, 3.8) is 0 Å². The second-order valence-corrected chi connectivity index (χ2v) is 7.70. The van der Waals surface area contributed by atoms with Crippen molar-refractivity contribution in [1.29, 1.82) is 0 Å². The molecule has 27 heavy (non-hydrogen) atoms. The van der Waals surface area contributed by atoms with Crippen molar-refractivity contribution >= 4 is 5.82 Å². The highest BCUT2D eigenvalue weighted by atomic mass is 16.5. The molecular formula is C22H29N3O2. The molecule has 0 unspecified atom stereocenters. The number of aromatic nitrogens is 1. The molecule has 1 aromatic heterocycles. The summed E-state index contributed by atoms with van der Waals surface area (Å²) in [6, 6.07) is 14.6. The Morgan fingerprint density at radius 3 is 2.30 bits per heavy atom. The smallest absolute Gasteiger partial charge is 0.128 e. The van der Waals surface area contributed by atoms with E-state index in [2.05, 4.69) is 26.9 Å². The van der Waals surface area contributed by atoms with E-state index in [1.807, 2.05) is 36.5 Å². The van der Waals surface area contributed by atoms with Crippen LogP contribution in [0.4, 0.5) is 5.82 Å². The van der Waals surface area contributed by atoms with Gasteiger partial charge in [-0.2, -0.15) is 0 Å². The van der Waals surface area contributed by atoms with E-state index in [-0.39, 0.29) is 0 Å². The summed E-state index contributed by atoms with van der Waals surface area (Å²) in [5, 5.41) is 11.1. The number of ether oxygens (including phenoxy) is 1. The zero-order valence-corrected chi connectivity index (χ0v) is 16.1. The van der Waals surface area contributed by atoms with E-state index in [4.69, 9.17) is 4.74 Å². The summed E-state index contributed by atoms with van der Waals surface area (Å²) in [5.41, 5.74) is 0.320. The molecule has 0 bridgehead atoms. The maximum absolute atomic E-state index is 11.1. The fraction of sp³-hybridized carbons (Fsp3) is 0.500. The van der Waals surface area contributed by atoms with Gasteiger partial charge < -0.3 is 14.7 Å². The van der Waals surface area contributed by atoms with Gasteiger partial charge in [0.1, 0.15) is 11.6 Å². The fourth-order valence-corrected chi connectivity index (χ4v) is 4.49. The normalized spacial score (nSPS) is 26.7. The number of benzene rings is 1. The Morgan fingerprint density at radius 2 is 1.70 bits per heavy atom. The molecule has 1 saturated carbocycles. The second kappa shape index (κ2) is 7.87. The van der Waals surface area contributed by atoms with Crippen molar-refractivity contribution in [2.75, 3.05) is 38.2 Å². The summed E-state index contributed by atoms with van der Waals surface area (Å²) in [6.07, 6.45) is 5.61. The Labute approximate surface area is 161 Å². The minimum Gasteiger partial charge on any atom is -0.497 e. The Bertz CT molecular complexity index is 719. The van der Waals surface area contributed by atoms with Crippen molar-refractivity contribution in [1.82, 2.24) is 9.88 Å². The zero-order valence-electron chi connectivity index (χ0n) is 16.1. The van der Waals surface area contributed by atoms with Crippen LogP contribution in [-0.2, 0) is 5.60 Å². The Balaban J connectivity index is 1.31. The molecule has 2 heterocycles. The molecule has 5 nitrogen and oxygen atoms in total. The van der Waals surface area contributed by atoms with Crippen molar-refractivity contribution < 1.29 is 9.84 Å². The van der Waals surface area contributed by atoms with Gasteiger partial charge in [-0.05, 0) is 55.5 Å². The van der Waals surface area contributed by atoms with Gasteiger partial charge in [0.25, 0.3) is 0 Å². The summed E-state index contributed by atoms with van der Waals surface area (Å²) >= 11 is 0. The molecule has 144 valence electrons. The number of anilines is 1. The van der Waals surface area contributed by atoms with Crippen LogP contribution in [0.3, 0.4) is 0 Å². The van der Waals surface area contributed by atoms with Gasteiger partial charge in [-0.3, -0.25) is 4.90 Å². The molecule has 1 N–H and O–H groups in total. The maximum Gasteiger partial charge on any atom is 0.128 e. The summed E-state index contributed by atoms with van der Waals surface area (Å²) in [7, 11) is 1.67. The Morgan fingerprint density at radius 1 is 1.00 bits per heavy atom. The molecule has 2 fully saturated rings. The first-order chi connectivity index (χ1) is 13.2. The van der Waals surface area contributed by atoms with Gasteiger partial charge in [-0.25, -0.2) is 4.98 Å². The van der Waals surface area contributed by atoms with Gasteiger partial charge in [0.2, 0.25) is 0 Å². The minimum atomic E-state index is -0.696.